The molecule has 0 aliphatic rings. The molecule has 1 atom stereocenters. The van der Waals surface area contributed by atoms with Crippen LogP contribution in [-0.2, 0) is 0 Å². The third-order valence-corrected chi connectivity index (χ3v) is 2.34. The van der Waals surface area contributed by atoms with Gasteiger partial charge in [0.15, 0.2) is 0 Å². The summed E-state index contributed by atoms with van der Waals surface area (Å²) in [7, 11) is 0. The van der Waals surface area contributed by atoms with Gasteiger partial charge in [-0.1, -0.05) is 18.2 Å². The number of benzene rings is 1. The molecule has 1 rings (SSSR count). The van der Waals surface area contributed by atoms with E-state index in [4.69, 9.17) is 0 Å². The third kappa shape index (κ3) is 2.82. The largest absolute Gasteiger partial charge is 0.377 e. The molecule has 0 aliphatic heterocycles. The van der Waals surface area contributed by atoms with Gasteiger partial charge in [0.2, 0.25) is 0 Å². The smallest absolute Gasteiger partial charge is 0.295 e. The monoisotopic (exact) mass is 220 g/mol. The van der Waals surface area contributed by atoms with Crippen molar-refractivity contribution < 1.29 is 4.92 Å². The van der Waals surface area contributed by atoms with Crippen molar-refractivity contribution in [2.45, 2.75) is 26.3 Å². The molecule has 0 aliphatic carbocycles. The van der Waals surface area contributed by atoms with E-state index in [0.29, 0.717) is 11.3 Å². The van der Waals surface area contributed by atoms with Crippen LogP contribution < -0.4 is 5.32 Å². The van der Waals surface area contributed by atoms with Gasteiger partial charge in [-0.25, -0.2) is 0 Å². The lowest BCUT2D eigenvalue weighted by molar-refractivity contribution is -0.384. The number of nitro groups is 1. The van der Waals surface area contributed by atoms with Gasteiger partial charge in [0.1, 0.15) is 5.69 Å². The van der Waals surface area contributed by atoms with Crippen LogP contribution in [0.15, 0.2) is 30.9 Å². The van der Waals surface area contributed by atoms with E-state index in [0.717, 1.165) is 6.42 Å². The first-order chi connectivity index (χ1) is 7.56. The molecule has 1 N–H and O–H groups in total. The lowest BCUT2D eigenvalue weighted by Gasteiger charge is -2.13. The Kier molecular flexibility index (Phi) is 4.05. The standard InChI is InChI=1S/C12H16N2O2/c1-4-6-10(3)13-11-8-5-7-9(2)12(11)14(15)16/h4-5,7-8,10,13H,1,6H2,2-3H3. The number of nitrogens with one attached hydrogen (secondary N) is 1. The van der Waals surface area contributed by atoms with Crippen molar-refractivity contribution in [2.75, 3.05) is 5.32 Å². The molecule has 0 spiro atoms. The molecule has 4 heteroatoms. The summed E-state index contributed by atoms with van der Waals surface area (Å²) >= 11 is 0. The van der Waals surface area contributed by atoms with E-state index < -0.39 is 0 Å². The van der Waals surface area contributed by atoms with Crippen LogP contribution in [0.4, 0.5) is 11.4 Å². The highest BCUT2D eigenvalue weighted by molar-refractivity contribution is 5.65. The zero-order valence-electron chi connectivity index (χ0n) is 9.56. The topological polar surface area (TPSA) is 55.2 Å². The first-order valence-electron chi connectivity index (χ1n) is 5.17. The van der Waals surface area contributed by atoms with Crippen molar-refractivity contribution in [3.8, 4) is 0 Å². The zero-order valence-corrected chi connectivity index (χ0v) is 9.56. The summed E-state index contributed by atoms with van der Waals surface area (Å²) in [6, 6.07) is 5.41. The summed E-state index contributed by atoms with van der Waals surface area (Å²) in [4.78, 5) is 10.6. The molecular formula is C12H16N2O2. The first-order valence-corrected chi connectivity index (χ1v) is 5.17. The zero-order chi connectivity index (χ0) is 12.1. The highest BCUT2D eigenvalue weighted by atomic mass is 16.6. The van der Waals surface area contributed by atoms with Crippen molar-refractivity contribution >= 4 is 11.4 Å². The van der Waals surface area contributed by atoms with E-state index in [1.165, 1.54) is 0 Å². The number of nitro benzene ring substituents is 1. The maximum atomic E-state index is 10.9. The van der Waals surface area contributed by atoms with E-state index in [1.807, 2.05) is 13.0 Å². The van der Waals surface area contributed by atoms with Crippen LogP contribution in [0.5, 0.6) is 0 Å². The molecule has 1 aromatic rings. The predicted octanol–water partition coefficient (Wildman–Crippen LogP) is 3.28. The lowest BCUT2D eigenvalue weighted by atomic mass is 10.1. The highest BCUT2D eigenvalue weighted by Gasteiger charge is 2.17. The number of para-hydroxylation sites is 1. The molecule has 0 fully saturated rings. The average Bonchev–Trinajstić information content (AvgIpc) is 2.17. The van der Waals surface area contributed by atoms with Crippen LogP contribution in [-0.4, -0.2) is 11.0 Å². The molecule has 1 aromatic carbocycles. The summed E-state index contributed by atoms with van der Waals surface area (Å²) in [5.41, 5.74) is 1.39. The van der Waals surface area contributed by atoms with Crippen LogP contribution >= 0.6 is 0 Å². The van der Waals surface area contributed by atoms with E-state index in [9.17, 15) is 10.1 Å². The third-order valence-electron chi connectivity index (χ3n) is 2.34. The van der Waals surface area contributed by atoms with Crippen LogP contribution in [0.3, 0.4) is 0 Å². The van der Waals surface area contributed by atoms with Gasteiger partial charge in [-0.3, -0.25) is 10.1 Å². The van der Waals surface area contributed by atoms with Gasteiger partial charge < -0.3 is 5.32 Å². The minimum absolute atomic E-state index is 0.137. The quantitative estimate of drug-likeness (QED) is 0.470. The first kappa shape index (κ1) is 12.2. The normalized spacial score (nSPS) is 11.9. The molecule has 4 nitrogen and oxygen atoms in total. The van der Waals surface area contributed by atoms with Gasteiger partial charge in [0, 0.05) is 11.6 Å². The number of hydrogen-bond acceptors (Lipinski definition) is 3. The molecular weight excluding hydrogens is 204 g/mol. The van der Waals surface area contributed by atoms with Crippen molar-refractivity contribution in [3.05, 3.63) is 46.5 Å². The molecule has 0 radical (unpaired) electrons. The Hall–Kier alpha value is -1.84. The van der Waals surface area contributed by atoms with E-state index in [1.54, 1.807) is 25.1 Å². The van der Waals surface area contributed by atoms with Crippen molar-refractivity contribution in [3.63, 3.8) is 0 Å². The van der Waals surface area contributed by atoms with Crippen LogP contribution in [0, 0.1) is 17.0 Å². The summed E-state index contributed by atoms with van der Waals surface area (Å²) in [6.45, 7) is 7.35. The second-order valence-electron chi connectivity index (χ2n) is 3.80. The highest BCUT2D eigenvalue weighted by Crippen LogP contribution is 2.28. The second-order valence-corrected chi connectivity index (χ2v) is 3.80. The maximum absolute atomic E-state index is 10.9. The fraction of sp³-hybridized carbons (Fsp3) is 0.333. The number of nitrogens with zero attached hydrogens (tertiary/aromatic N) is 1. The van der Waals surface area contributed by atoms with E-state index >= 15 is 0 Å². The van der Waals surface area contributed by atoms with Crippen molar-refractivity contribution in [1.29, 1.82) is 0 Å². The molecule has 0 saturated carbocycles. The fourth-order valence-corrected chi connectivity index (χ4v) is 1.59. The van der Waals surface area contributed by atoms with Crippen molar-refractivity contribution in [2.24, 2.45) is 0 Å². The Labute approximate surface area is 95.1 Å². The Morgan fingerprint density at radius 2 is 2.31 bits per heavy atom. The van der Waals surface area contributed by atoms with Gasteiger partial charge in [0.25, 0.3) is 5.69 Å². The fourth-order valence-electron chi connectivity index (χ4n) is 1.59. The molecule has 0 aromatic heterocycles. The molecule has 0 bridgehead atoms. The second kappa shape index (κ2) is 5.30. The summed E-state index contributed by atoms with van der Waals surface area (Å²) in [6.07, 6.45) is 2.56. The lowest BCUT2D eigenvalue weighted by Crippen LogP contribution is -2.15. The number of hydrogen-bond donors (Lipinski definition) is 1. The Bertz CT molecular complexity index is 402. The Balaban J connectivity index is 2.99. The molecule has 16 heavy (non-hydrogen) atoms. The summed E-state index contributed by atoms with van der Waals surface area (Å²) in [5, 5.41) is 14.0. The van der Waals surface area contributed by atoms with Crippen LogP contribution in [0.1, 0.15) is 18.9 Å². The number of anilines is 1. The maximum Gasteiger partial charge on any atom is 0.295 e. The van der Waals surface area contributed by atoms with Crippen molar-refractivity contribution in [1.82, 2.24) is 0 Å². The Morgan fingerprint density at radius 1 is 1.62 bits per heavy atom. The van der Waals surface area contributed by atoms with E-state index in [2.05, 4.69) is 11.9 Å². The van der Waals surface area contributed by atoms with E-state index in [-0.39, 0.29) is 16.7 Å². The summed E-state index contributed by atoms with van der Waals surface area (Å²) < 4.78 is 0. The molecule has 86 valence electrons. The average molecular weight is 220 g/mol. The minimum Gasteiger partial charge on any atom is -0.377 e. The molecule has 1 unspecified atom stereocenters. The molecule has 0 saturated heterocycles. The van der Waals surface area contributed by atoms with Gasteiger partial charge in [0.05, 0.1) is 4.92 Å². The molecule has 0 heterocycles. The Morgan fingerprint density at radius 3 is 2.88 bits per heavy atom. The minimum atomic E-state index is -0.349. The predicted molar refractivity (Wildman–Crippen MR) is 65.7 cm³/mol. The van der Waals surface area contributed by atoms with Gasteiger partial charge in [-0.15, -0.1) is 6.58 Å². The summed E-state index contributed by atoms with van der Waals surface area (Å²) in [5.74, 6) is 0. The number of rotatable bonds is 5. The number of aryl methyl sites for hydroxylation is 1. The van der Waals surface area contributed by atoms with Gasteiger partial charge >= 0.3 is 0 Å². The molecule has 0 amide bonds. The van der Waals surface area contributed by atoms with Crippen LogP contribution in [0.25, 0.3) is 0 Å². The van der Waals surface area contributed by atoms with Gasteiger partial charge in [-0.05, 0) is 26.3 Å². The SMILES string of the molecule is C=CCC(C)Nc1cccc(C)c1[N+](=O)[O-]. The van der Waals surface area contributed by atoms with Crippen LogP contribution in [0.2, 0.25) is 0 Å². The van der Waals surface area contributed by atoms with Gasteiger partial charge in [-0.2, -0.15) is 0 Å².